The maximum absolute atomic E-state index is 13.5. The van der Waals surface area contributed by atoms with Crippen LogP contribution in [0.1, 0.15) is 12.8 Å². The van der Waals surface area contributed by atoms with Gasteiger partial charge in [-0.15, -0.1) is 0 Å². The van der Waals surface area contributed by atoms with Gasteiger partial charge in [0.25, 0.3) is 0 Å². The summed E-state index contributed by atoms with van der Waals surface area (Å²) in [4.78, 5) is 0. The first-order valence-electron chi connectivity index (χ1n) is 5.04. The molecule has 1 heterocycles. The molecular formula is C11H10BrFN2. The van der Waals surface area contributed by atoms with Crippen LogP contribution in [0.15, 0.2) is 22.8 Å². The summed E-state index contributed by atoms with van der Waals surface area (Å²) in [6.45, 7) is 0.922. The number of hydrogen-bond donors (Lipinski definition) is 0. The second-order valence-corrected chi connectivity index (χ2v) is 5.03. The van der Waals surface area contributed by atoms with Crippen LogP contribution in [0.5, 0.6) is 0 Å². The summed E-state index contributed by atoms with van der Waals surface area (Å²) in [6, 6.07) is 3.33. The summed E-state index contributed by atoms with van der Waals surface area (Å²) in [5.41, 5.74) is 0.725. The van der Waals surface area contributed by atoms with Crippen molar-refractivity contribution in [2.45, 2.75) is 19.4 Å². The molecule has 15 heavy (non-hydrogen) atoms. The van der Waals surface area contributed by atoms with E-state index in [1.165, 1.54) is 18.9 Å². The van der Waals surface area contributed by atoms with E-state index in [1.54, 1.807) is 6.20 Å². The molecule has 3 rings (SSSR count). The Hall–Kier alpha value is -0.900. The van der Waals surface area contributed by atoms with Gasteiger partial charge in [0.15, 0.2) is 0 Å². The Balaban J connectivity index is 2.07. The average Bonchev–Trinajstić information content (AvgIpc) is 2.85. The minimum absolute atomic E-state index is 0.207. The van der Waals surface area contributed by atoms with E-state index in [2.05, 4.69) is 21.0 Å². The molecule has 0 bridgehead atoms. The van der Waals surface area contributed by atoms with Gasteiger partial charge in [-0.05, 0) is 30.9 Å². The lowest BCUT2D eigenvalue weighted by atomic mass is 10.2. The fourth-order valence-electron chi connectivity index (χ4n) is 1.76. The van der Waals surface area contributed by atoms with Gasteiger partial charge in [0.2, 0.25) is 0 Å². The quantitative estimate of drug-likeness (QED) is 0.817. The summed E-state index contributed by atoms with van der Waals surface area (Å²) in [6.07, 6.45) is 4.36. The molecule has 78 valence electrons. The zero-order valence-electron chi connectivity index (χ0n) is 8.08. The van der Waals surface area contributed by atoms with Crippen LogP contribution in [0.4, 0.5) is 4.39 Å². The maximum Gasteiger partial charge on any atom is 0.135 e. The predicted molar refractivity (Wildman–Crippen MR) is 60.1 cm³/mol. The van der Waals surface area contributed by atoms with Crippen molar-refractivity contribution in [3.63, 3.8) is 0 Å². The highest BCUT2D eigenvalue weighted by Gasteiger charge is 2.22. The van der Waals surface area contributed by atoms with E-state index in [9.17, 15) is 4.39 Å². The Morgan fingerprint density at radius 1 is 1.47 bits per heavy atom. The molecule has 0 aliphatic heterocycles. The molecule has 2 nitrogen and oxygen atoms in total. The van der Waals surface area contributed by atoms with Gasteiger partial charge in [-0.1, -0.05) is 15.9 Å². The highest BCUT2D eigenvalue weighted by atomic mass is 79.9. The Labute approximate surface area is 95.2 Å². The number of hydrogen-bond acceptors (Lipinski definition) is 1. The maximum atomic E-state index is 13.5. The summed E-state index contributed by atoms with van der Waals surface area (Å²) in [5, 5.41) is 4.97. The first kappa shape index (κ1) is 9.33. The normalized spacial score (nSPS) is 16.1. The molecule has 1 aromatic heterocycles. The van der Waals surface area contributed by atoms with Crippen LogP contribution in [0, 0.1) is 11.7 Å². The van der Waals surface area contributed by atoms with Crippen molar-refractivity contribution in [2.24, 2.45) is 5.92 Å². The van der Waals surface area contributed by atoms with Crippen molar-refractivity contribution in [1.82, 2.24) is 9.78 Å². The standard InChI is InChI=1S/C11H10BrFN2/c12-8-3-10(13)9-6-15(5-7-1-2-7)14-11(9)4-8/h3-4,6-7H,1-2,5H2. The molecule has 1 aromatic carbocycles. The molecule has 2 aromatic rings. The van der Waals surface area contributed by atoms with Gasteiger partial charge in [-0.2, -0.15) is 5.10 Å². The largest absolute Gasteiger partial charge is 0.271 e. The SMILES string of the molecule is Fc1cc(Br)cc2nn(CC3CC3)cc12. The molecule has 1 saturated carbocycles. The van der Waals surface area contributed by atoms with Crippen LogP contribution in [-0.2, 0) is 6.54 Å². The number of rotatable bonds is 2. The Kier molecular flexibility index (Phi) is 2.06. The van der Waals surface area contributed by atoms with Crippen molar-refractivity contribution in [2.75, 3.05) is 0 Å². The van der Waals surface area contributed by atoms with E-state index in [-0.39, 0.29) is 5.82 Å². The van der Waals surface area contributed by atoms with Gasteiger partial charge in [-0.3, -0.25) is 4.68 Å². The van der Waals surface area contributed by atoms with Crippen LogP contribution >= 0.6 is 15.9 Å². The molecule has 0 saturated heterocycles. The average molecular weight is 269 g/mol. The third kappa shape index (κ3) is 1.78. The zero-order valence-corrected chi connectivity index (χ0v) is 9.67. The van der Waals surface area contributed by atoms with E-state index in [1.807, 2.05) is 10.7 Å². The molecule has 1 aliphatic carbocycles. The van der Waals surface area contributed by atoms with Crippen LogP contribution < -0.4 is 0 Å². The minimum atomic E-state index is -0.207. The van der Waals surface area contributed by atoms with Gasteiger partial charge in [-0.25, -0.2) is 4.39 Å². The molecule has 0 atom stereocenters. The topological polar surface area (TPSA) is 17.8 Å². The molecule has 0 amide bonds. The molecule has 0 radical (unpaired) electrons. The van der Waals surface area contributed by atoms with Crippen molar-refractivity contribution >= 4 is 26.8 Å². The fourth-order valence-corrected chi connectivity index (χ4v) is 2.17. The molecule has 1 aliphatic rings. The first-order valence-corrected chi connectivity index (χ1v) is 5.84. The molecule has 0 N–H and O–H groups in total. The van der Waals surface area contributed by atoms with E-state index >= 15 is 0 Å². The Morgan fingerprint density at radius 3 is 3.00 bits per heavy atom. The third-order valence-corrected chi connectivity index (χ3v) is 3.19. The fraction of sp³-hybridized carbons (Fsp3) is 0.364. The number of aromatic nitrogens is 2. The zero-order chi connectivity index (χ0) is 10.4. The van der Waals surface area contributed by atoms with Crippen LogP contribution in [0.3, 0.4) is 0 Å². The van der Waals surface area contributed by atoms with E-state index in [4.69, 9.17) is 0 Å². The van der Waals surface area contributed by atoms with Gasteiger partial charge < -0.3 is 0 Å². The minimum Gasteiger partial charge on any atom is -0.271 e. The third-order valence-electron chi connectivity index (χ3n) is 2.73. The summed E-state index contributed by atoms with van der Waals surface area (Å²) in [5.74, 6) is 0.548. The number of halogens is 2. The number of fused-ring (bicyclic) bond motifs is 1. The highest BCUT2D eigenvalue weighted by Crippen LogP contribution is 2.31. The second-order valence-electron chi connectivity index (χ2n) is 4.11. The smallest absolute Gasteiger partial charge is 0.135 e. The highest BCUT2D eigenvalue weighted by molar-refractivity contribution is 9.10. The summed E-state index contributed by atoms with van der Waals surface area (Å²) >= 11 is 3.27. The Morgan fingerprint density at radius 2 is 2.27 bits per heavy atom. The van der Waals surface area contributed by atoms with Crippen molar-refractivity contribution < 1.29 is 4.39 Å². The lowest BCUT2D eigenvalue weighted by molar-refractivity contribution is 0.567. The van der Waals surface area contributed by atoms with E-state index in [0.29, 0.717) is 5.39 Å². The van der Waals surface area contributed by atoms with E-state index < -0.39 is 0 Å². The lowest BCUT2D eigenvalue weighted by Crippen LogP contribution is -1.99. The van der Waals surface area contributed by atoms with Crippen molar-refractivity contribution in [3.05, 3.63) is 28.6 Å². The van der Waals surface area contributed by atoms with Crippen molar-refractivity contribution in [3.8, 4) is 0 Å². The van der Waals surface area contributed by atoms with Gasteiger partial charge in [0.05, 0.1) is 10.9 Å². The molecular weight excluding hydrogens is 259 g/mol. The van der Waals surface area contributed by atoms with Gasteiger partial charge >= 0.3 is 0 Å². The lowest BCUT2D eigenvalue weighted by Gasteiger charge is -1.95. The number of benzene rings is 1. The van der Waals surface area contributed by atoms with Crippen LogP contribution in [-0.4, -0.2) is 9.78 Å². The molecule has 1 fully saturated rings. The Bertz CT molecular complexity index is 517. The number of nitrogens with zero attached hydrogens (tertiary/aromatic N) is 2. The monoisotopic (exact) mass is 268 g/mol. The molecule has 0 spiro atoms. The van der Waals surface area contributed by atoms with Gasteiger partial charge in [0, 0.05) is 17.2 Å². The predicted octanol–water partition coefficient (Wildman–Crippen LogP) is 3.35. The first-order chi connectivity index (χ1) is 7.22. The van der Waals surface area contributed by atoms with Crippen molar-refractivity contribution in [1.29, 1.82) is 0 Å². The molecule has 0 unspecified atom stereocenters. The molecule has 4 heteroatoms. The van der Waals surface area contributed by atoms with Gasteiger partial charge in [0.1, 0.15) is 5.82 Å². The second kappa shape index (κ2) is 3.30. The van der Waals surface area contributed by atoms with Crippen LogP contribution in [0.25, 0.3) is 10.9 Å². The summed E-state index contributed by atoms with van der Waals surface area (Å²) in [7, 11) is 0. The van der Waals surface area contributed by atoms with Crippen LogP contribution in [0.2, 0.25) is 0 Å². The summed E-state index contributed by atoms with van der Waals surface area (Å²) < 4.78 is 16.1. The van der Waals surface area contributed by atoms with E-state index in [0.717, 1.165) is 22.5 Å².